The molecular weight excluding hydrogens is 162 g/mol. The van der Waals surface area contributed by atoms with Crippen LogP contribution < -0.4 is 5.32 Å². The van der Waals surface area contributed by atoms with Gasteiger partial charge in [0.2, 0.25) is 0 Å². The highest BCUT2D eigenvalue weighted by Gasteiger charge is 2.37. The zero-order chi connectivity index (χ0) is 9.90. The van der Waals surface area contributed by atoms with Crippen molar-refractivity contribution in [2.75, 3.05) is 13.7 Å². The molecule has 1 saturated carbocycles. The standard InChI is InChI=1S/C11H23NO/c1-5-12-10(9-7-6-8-9)11(2,3)13-4/h9-10,12H,5-8H2,1-4H3. The minimum absolute atomic E-state index is 0.0267. The highest BCUT2D eigenvalue weighted by Crippen LogP contribution is 2.35. The maximum atomic E-state index is 5.55. The molecule has 13 heavy (non-hydrogen) atoms. The maximum Gasteiger partial charge on any atom is 0.0777 e. The van der Waals surface area contributed by atoms with Gasteiger partial charge in [0.15, 0.2) is 0 Å². The van der Waals surface area contributed by atoms with E-state index < -0.39 is 0 Å². The number of hydrogen-bond donors (Lipinski definition) is 1. The second-order valence-electron chi connectivity index (χ2n) is 4.53. The van der Waals surface area contributed by atoms with Gasteiger partial charge in [-0.1, -0.05) is 13.3 Å². The molecule has 0 bridgehead atoms. The van der Waals surface area contributed by atoms with Gasteiger partial charge in [0, 0.05) is 13.2 Å². The fourth-order valence-electron chi connectivity index (χ4n) is 2.10. The molecule has 0 aliphatic heterocycles. The molecule has 0 aromatic heterocycles. The fraction of sp³-hybridized carbons (Fsp3) is 1.00. The third-order valence-electron chi connectivity index (χ3n) is 3.32. The lowest BCUT2D eigenvalue weighted by Gasteiger charge is -2.43. The van der Waals surface area contributed by atoms with Crippen molar-refractivity contribution in [3.8, 4) is 0 Å². The Morgan fingerprint density at radius 2 is 2.08 bits per heavy atom. The van der Waals surface area contributed by atoms with E-state index in [4.69, 9.17) is 4.74 Å². The summed E-state index contributed by atoms with van der Waals surface area (Å²) < 4.78 is 5.55. The van der Waals surface area contributed by atoms with E-state index in [1.165, 1.54) is 19.3 Å². The quantitative estimate of drug-likeness (QED) is 0.709. The van der Waals surface area contributed by atoms with Crippen LogP contribution in [0.15, 0.2) is 0 Å². The van der Waals surface area contributed by atoms with Gasteiger partial charge in [-0.2, -0.15) is 0 Å². The molecule has 0 amide bonds. The summed E-state index contributed by atoms with van der Waals surface area (Å²) in [4.78, 5) is 0. The van der Waals surface area contributed by atoms with Crippen molar-refractivity contribution < 1.29 is 4.74 Å². The summed E-state index contributed by atoms with van der Waals surface area (Å²) in [5, 5.41) is 3.55. The van der Waals surface area contributed by atoms with Crippen LogP contribution >= 0.6 is 0 Å². The van der Waals surface area contributed by atoms with E-state index in [1.54, 1.807) is 0 Å². The summed E-state index contributed by atoms with van der Waals surface area (Å²) in [5.41, 5.74) is -0.0267. The normalized spacial score (nSPS) is 21.2. The van der Waals surface area contributed by atoms with Gasteiger partial charge in [0.05, 0.1) is 5.60 Å². The van der Waals surface area contributed by atoms with Gasteiger partial charge in [-0.15, -0.1) is 0 Å². The molecule has 0 radical (unpaired) electrons. The van der Waals surface area contributed by atoms with E-state index in [0.29, 0.717) is 6.04 Å². The van der Waals surface area contributed by atoms with Gasteiger partial charge in [-0.3, -0.25) is 0 Å². The minimum atomic E-state index is -0.0267. The summed E-state index contributed by atoms with van der Waals surface area (Å²) in [6, 6.07) is 0.524. The first-order valence-electron chi connectivity index (χ1n) is 5.40. The molecule has 1 fully saturated rings. The summed E-state index contributed by atoms with van der Waals surface area (Å²) in [6.07, 6.45) is 4.13. The van der Waals surface area contributed by atoms with E-state index >= 15 is 0 Å². The van der Waals surface area contributed by atoms with Gasteiger partial charge in [-0.25, -0.2) is 0 Å². The van der Waals surface area contributed by atoms with E-state index in [1.807, 2.05) is 7.11 Å². The second-order valence-corrected chi connectivity index (χ2v) is 4.53. The molecule has 0 aromatic rings. The van der Waals surface area contributed by atoms with Gasteiger partial charge >= 0.3 is 0 Å². The first-order chi connectivity index (χ1) is 6.11. The number of methoxy groups -OCH3 is 1. The Kier molecular flexibility index (Phi) is 3.74. The lowest BCUT2D eigenvalue weighted by atomic mass is 9.74. The summed E-state index contributed by atoms with van der Waals surface area (Å²) in [6.45, 7) is 7.56. The molecule has 1 N–H and O–H groups in total. The third-order valence-corrected chi connectivity index (χ3v) is 3.32. The molecule has 0 spiro atoms. The molecule has 0 heterocycles. The monoisotopic (exact) mass is 185 g/mol. The molecular formula is C11H23NO. The highest BCUT2D eigenvalue weighted by atomic mass is 16.5. The van der Waals surface area contributed by atoms with Crippen molar-refractivity contribution in [2.24, 2.45) is 5.92 Å². The predicted octanol–water partition coefficient (Wildman–Crippen LogP) is 2.19. The lowest BCUT2D eigenvalue weighted by molar-refractivity contribution is -0.0392. The summed E-state index contributed by atoms with van der Waals surface area (Å²) >= 11 is 0. The number of rotatable bonds is 5. The maximum absolute atomic E-state index is 5.55. The molecule has 78 valence electrons. The van der Waals surface area contributed by atoms with Crippen molar-refractivity contribution in [1.29, 1.82) is 0 Å². The van der Waals surface area contributed by atoms with Crippen LogP contribution in [0, 0.1) is 5.92 Å². The predicted molar refractivity (Wildman–Crippen MR) is 55.9 cm³/mol. The molecule has 1 rings (SSSR count). The zero-order valence-electron chi connectivity index (χ0n) is 9.39. The average molecular weight is 185 g/mol. The van der Waals surface area contributed by atoms with Crippen LogP contribution in [0.4, 0.5) is 0 Å². The molecule has 1 aliphatic rings. The Morgan fingerprint density at radius 1 is 1.46 bits per heavy atom. The van der Waals surface area contributed by atoms with E-state index in [2.05, 4.69) is 26.1 Å². The number of hydrogen-bond acceptors (Lipinski definition) is 2. The molecule has 1 unspecified atom stereocenters. The fourth-order valence-corrected chi connectivity index (χ4v) is 2.10. The Hall–Kier alpha value is -0.0800. The molecule has 2 heteroatoms. The summed E-state index contributed by atoms with van der Waals surface area (Å²) in [5.74, 6) is 0.829. The van der Waals surface area contributed by atoms with Gasteiger partial charge in [0.25, 0.3) is 0 Å². The Balaban J connectivity index is 2.54. The molecule has 1 atom stereocenters. The Bertz CT molecular complexity index is 152. The SMILES string of the molecule is CCNC(C1CCC1)C(C)(C)OC. The van der Waals surface area contributed by atoms with Crippen molar-refractivity contribution in [3.63, 3.8) is 0 Å². The Labute approximate surface area is 82.0 Å². The van der Waals surface area contributed by atoms with Crippen molar-refractivity contribution in [2.45, 2.75) is 51.7 Å². The molecule has 0 aromatic carbocycles. The minimum Gasteiger partial charge on any atom is -0.377 e. The smallest absolute Gasteiger partial charge is 0.0777 e. The average Bonchev–Trinajstić information content (AvgIpc) is 2.00. The zero-order valence-corrected chi connectivity index (χ0v) is 9.39. The van der Waals surface area contributed by atoms with Crippen molar-refractivity contribution in [1.82, 2.24) is 5.32 Å². The third kappa shape index (κ3) is 2.44. The molecule has 1 aliphatic carbocycles. The topological polar surface area (TPSA) is 21.3 Å². The number of nitrogens with one attached hydrogen (secondary N) is 1. The second kappa shape index (κ2) is 4.43. The van der Waals surface area contributed by atoms with Gasteiger partial charge in [0.1, 0.15) is 0 Å². The van der Waals surface area contributed by atoms with Crippen LogP contribution in [0.1, 0.15) is 40.0 Å². The van der Waals surface area contributed by atoms with Crippen LogP contribution in [0.3, 0.4) is 0 Å². The van der Waals surface area contributed by atoms with Crippen LogP contribution in [0.2, 0.25) is 0 Å². The van der Waals surface area contributed by atoms with E-state index in [-0.39, 0.29) is 5.60 Å². The lowest BCUT2D eigenvalue weighted by Crippen LogP contribution is -2.54. The first kappa shape index (κ1) is 11.0. The summed E-state index contributed by atoms with van der Waals surface area (Å²) in [7, 11) is 1.81. The van der Waals surface area contributed by atoms with Gasteiger partial charge in [-0.05, 0) is 39.2 Å². The molecule has 0 saturated heterocycles. The highest BCUT2D eigenvalue weighted by molar-refractivity contribution is 4.93. The van der Waals surface area contributed by atoms with Crippen LogP contribution in [0.25, 0.3) is 0 Å². The molecule has 2 nitrogen and oxygen atoms in total. The number of likely N-dealkylation sites (N-methyl/N-ethyl adjacent to an activating group) is 1. The van der Waals surface area contributed by atoms with Gasteiger partial charge < -0.3 is 10.1 Å². The van der Waals surface area contributed by atoms with Crippen LogP contribution in [-0.2, 0) is 4.74 Å². The van der Waals surface area contributed by atoms with Crippen molar-refractivity contribution >= 4 is 0 Å². The number of ether oxygens (including phenoxy) is 1. The van der Waals surface area contributed by atoms with Crippen molar-refractivity contribution in [3.05, 3.63) is 0 Å². The van der Waals surface area contributed by atoms with E-state index in [0.717, 1.165) is 12.5 Å². The van der Waals surface area contributed by atoms with Crippen LogP contribution in [-0.4, -0.2) is 25.3 Å². The van der Waals surface area contributed by atoms with Crippen LogP contribution in [0.5, 0.6) is 0 Å². The Morgan fingerprint density at radius 3 is 2.38 bits per heavy atom. The largest absolute Gasteiger partial charge is 0.377 e. The van der Waals surface area contributed by atoms with E-state index in [9.17, 15) is 0 Å². The first-order valence-corrected chi connectivity index (χ1v) is 5.40.